The van der Waals surface area contributed by atoms with Gasteiger partial charge in [0.25, 0.3) is 0 Å². The third-order valence-corrected chi connectivity index (χ3v) is 6.53. The maximum atomic E-state index is 13.3. The number of phenols is 1. The number of amides is 1. The molecule has 3 atom stereocenters. The zero-order chi connectivity index (χ0) is 19.7. The number of carbonyl (C=O) groups excluding carboxylic acids is 1. The Morgan fingerprint density at radius 3 is 2.71 bits per heavy atom. The fourth-order valence-corrected chi connectivity index (χ4v) is 4.68. The molecule has 3 unspecified atom stereocenters. The van der Waals surface area contributed by atoms with Crippen molar-refractivity contribution in [1.29, 1.82) is 0 Å². The highest BCUT2D eigenvalue weighted by Crippen LogP contribution is 2.33. The highest BCUT2D eigenvalue weighted by atomic mass is 16.3. The molecule has 2 aliphatic heterocycles. The van der Waals surface area contributed by atoms with E-state index in [-0.39, 0.29) is 23.7 Å². The van der Waals surface area contributed by atoms with Crippen LogP contribution in [0, 0.1) is 11.8 Å². The zero-order valence-corrected chi connectivity index (χ0v) is 17.1. The topological polar surface area (TPSA) is 67.8 Å². The summed E-state index contributed by atoms with van der Waals surface area (Å²) in [6.07, 6.45) is 4.44. The van der Waals surface area contributed by atoms with E-state index < -0.39 is 0 Å². The van der Waals surface area contributed by atoms with E-state index in [0.29, 0.717) is 18.4 Å². The van der Waals surface area contributed by atoms with Gasteiger partial charge in [0.2, 0.25) is 5.91 Å². The second kappa shape index (κ2) is 8.39. The van der Waals surface area contributed by atoms with Crippen LogP contribution >= 0.6 is 0 Å². The summed E-state index contributed by atoms with van der Waals surface area (Å²) in [7, 11) is 0. The van der Waals surface area contributed by atoms with Crippen molar-refractivity contribution in [1.82, 2.24) is 20.7 Å². The maximum absolute atomic E-state index is 13.3. The molecule has 0 bridgehead atoms. The van der Waals surface area contributed by atoms with E-state index in [9.17, 15) is 9.90 Å². The average Bonchev–Trinajstić information content (AvgIpc) is 3.41. The molecule has 6 nitrogen and oxygen atoms in total. The van der Waals surface area contributed by atoms with Crippen LogP contribution in [0.1, 0.15) is 51.1 Å². The lowest BCUT2D eigenvalue weighted by molar-refractivity contribution is -0.133. The molecule has 6 heteroatoms. The molecule has 3 N–H and O–H groups in total. The minimum absolute atomic E-state index is 0.0469. The van der Waals surface area contributed by atoms with Gasteiger partial charge in [-0.15, -0.1) is 0 Å². The fraction of sp³-hybridized carbons (Fsp3) is 0.682. The van der Waals surface area contributed by atoms with Crippen LogP contribution in [-0.4, -0.2) is 59.1 Å². The van der Waals surface area contributed by atoms with E-state index in [1.807, 2.05) is 18.2 Å². The first kappa shape index (κ1) is 19.7. The predicted octanol–water partition coefficient (Wildman–Crippen LogP) is 2.27. The van der Waals surface area contributed by atoms with Crippen molar-refractivity contribution in [2.45, 2.75) is 57.7 Å². The molecule has 4 rings (SSSR count). The zero-order valence-electron chi connectivity index (χ0n) is 17.1. The first-order valence-electron chi connectivity index (χ1n) is 10.8. The van der Waals surface area contributed by atoms with Crippen LogP contribution in [0.25, 0.3) is 0 Å². The Balaban J connectivity index is 1.40. The molecule has 0 spiro atoms. The van der Waals surface area contributed by atoms with Crippen LogP contribution in [0.15, 0.2) is 24.3 Å². The van der Waals surface area contributed by atoms with E-state index in [1.54, 1.807) is 6.07 Å². The Kier molecular flexibility index (Phi) is 5.90. The van der Waals surface area contributed by atoms with E-state index in [2.05, 4.69) is 34.5 Å². The lowest BCUT2D eigenvalue weighted by Crippen LogP contribution is -2.50. The number of para-hydroxylation sites is 1. The summed E-state index contributed by atoms with van der Waals surface area (Å²) in [6.45, 7) is 8.51. The molecule has 2 saturated heterocycles. The van der Waals surface area contributed by atoms with Crippen LogP contribution in [0.4, 0.5) is 0 Å². The molecule has 0 radical (unpaired) electrons. The molecule has 1 aromatic rings. The number of aromatic hydroxyl groups is 1. The van der Waals surface area contributed by atoms with Gasteiger partial charge in [0, 0.05) is 37.8 Å². The molecule has 1 aromatic carbocycles. The van der Waals surface area contributed by atoms with Crippen molar-refractivity contribution in [2.24, 2.45) is 11.8 Å². The van der Waals surface area contributed by atoms with Gasteiger partial charge in [-0.05, 0) is 43.6 Å². The molecule has 0 aromatic heterocycles. The number of nitrogens with zero attached hydrogens (tertiary/aromatic N) is 2. The smallest absolute Gasteiger partial charge is 0.241 e. The molecular weight excluding hydrogens is 352 g/mol. The maximum Gasteiger partial charge on any atom is 0.241 e. The predicted molar refractivity (Wildman–Crippen MR) is 110 cm³/mol. The summed E-state index contributed by atoms with van der Waals surface area (Å²) >= 11 is 0. The molecule has 1 aliphatic carbocycles. The quantitative estimate of drug-likeness (QED) is 0.724. The van der Waals surface area contributed by atoms with E-state index >= 15 is 0 Å². The normalized spacial score (nSPS) is 29.2. The summed E-state index contributed by atoms with van der Waals surface area (Å²) in [6, 6.07) is 7.50. The number of hydrazine groups is 1. The summed E-state index contributed by atoms with van der Waals surface area (Å²) in [4.78, 5) is 18.0. The van der Waals surface area contributed by atoms with Gasteiger partial charge in [-0.3, -0.25) is 9.69 Å². The van der Waals surface area contributed by atoms with Crippen molar-refractivity contribution < 1.29 is 9.90 Å². The van der Waals surface area contributed by atoms with Gasteiger partial charge >= 0.3 is 0 Å². The Labute approximate surface area is 168 Å². The van der Waals surface area contributed by atoms with Gasteiger partial charge in [-0.25, -0.2) is 10.9 Å². The van der Waals surface area contributed by atoms with Crippen LogP contribution in [0.5, 0.6) is 5.75 Å². The molecule has 3 aliphatic rings. The number of carbonyl (C=O) groups is 1. The monoisotopic (exact) mass is 386 g/mol. The van der Waals surface area contributed by atoms with Gasteiger partial charge in [0.15, 0.2) is 0 Å². The third-order valence-electron chi connectivity index (χ3n) is 6.53. The highest BCUT2D eigenvalue weighted by molar-refractivity contribution is 5.82. The standard InChI is InChI=1S/C22H34N4O2/c1-15(2)20-14-26(11-5-10-25(20)13-16-8-9-16)22(28)19-12-18(23-24-19)17-6-3-4-7-21(17)27/h3-4,6-7,15-16,18-20,23-24,27H,5,8-14H2,1-2H3. The summed E-state index contributed by atoms with van der Waals surface area (Å²) < 4.78 is 0. The second-order valence-corrected chi connectivity index (χ2v) is 9.08. The van der Waals surface area contributed by atoms with Crippen molar-refractivity contribution in [2.75, 3.05) is 26.2 Å². The summed E-state index contributed by atoms with van der Waals surface area (Å²) in [5, 5.41) is 10.1. The van der Waals surface area contributed by atoms with E-state index in [1.165, 1.54) is 19.4 Å². The molecule has 2 heterocycles. The van der Waals surface area contributed by atoms with Crippen molar-refractivity contribution >= 4 is 5.91 Å². The summed E-state index contributed by atoms with van der Waals surface area (Å²) in [5.41, 5.74) is 7.23. The number of nitrogens with one attached hydrogen (secondary N) is 2. The fourth-order valence-electron chi connectivity index (χ4n) is 4.68. The second-order valence-electron chi connectivity index (χ2n) is 9.08. The lowest BCUT2D eigenvalue weighted by atomic mass is 9.99. The average molecular weight is 387 g/mol. The van der Waals surface area contributed by atoms with Gasteiger partial charge in [-0.1, -0.05) is 32.0 Å². The molecule has 3 fully saturated rings. The molecule has 1 amide bonds. The minimum Gasteiger partial charge on any atom is -0.508 e. The van der Waals surface area contributed by atoms with Crippen molar-refractivity contribution in [3.05, 3.63) is 29.8 Å². The first-order valence-corrected chi connectivity index (χ1v) is 10.8. The van der Waals surface area contributed by atoms with Gasteiger partial charge in [0.05, 0.1) is 6.04 Å². The number of rotatable bonds is 5. The van der Waals surface area contributed by atoms with E-state index in [4.69, 9.17) is 0 Å². The van der Waals surface area contributed by atoms with Crippen molar-refractivity contribution in [3.8, 4) is 5.75 Å². The first-order chi connectivity index (χ1) is 13.5. The number of hydrogen-bond donors (Lipinski definition) is 3. The molecule has 1 saturated carbocycles. The lowest BCUT2D eigenvalue weighted by Gasteiger charge is -2.35. The largest absolute Gasteiger partial charge is 0.508 e. The number of benzene rings is 1. The van der Waals surface area contributed by atoms with Crippen LogP contribution < -0.4 is 10.9 Å². The Morgan fingerprint density at radius 2 is 2.00 bits per heavy atom. The van der Waals surface area contributed by atoms with Crippen LogP contribution in [0.3, 0.4) is 0 Å². The van der Waals surface area contributed by atoms with Gasteiger partial charge in [-0.2, -0.15) is 0 Å². The number of hydrogen-bond acceptors (Lipinski definition) is 5. The highest BCUT2D eigenvalue weighted by Gasteiger charge is 2.37. The van der Waals surface area contributed by atoms with Crippen LogP contribution in [-0.2, 0) is 4.79 Å². The number of phenolic OH excluding ortho intramolecular Hbond substituents is 1. The molecule has 154 valence electrons. The van der Waals surface area contributed by atoms with Gasteiger partial charge in [0.1, 0.15) is 11.8 Å². The summed E-state index contributed by atoms with van der Waals surface area (Å²) in [5.74, 6) is 1.88. The Bertz CT molecular complexity index is 691. The van der Waals surface area contributed by atoms with Crippen LogP contribution in [0.2, 0.25) is 0 Å². The molecular formula is C22H34N4O2. The Morgan fingerprint density at radius 1 is 1.21 bits per heavy atom. The SMILES string of the molecule is CC(C)C1CN(C(=O)C2CC(c3ccccc3O)NN2)CCCN1CC1CC1. The minimum atomic E-state index is -0.243. The van der Waals surface area contributed by atoms with Crippen molar-refractivity contribution in [3.63, 3.8) is 0 Å². The third kappa shape index (κ3) is 4.34. The Hall–Kier alpha value is -1.63. The molecule has 28 heavy (non-hydrogen) atoms. The van der Waals surface area contributed by atoms with Gasteiger partial charge < -0.3 is 10.0 Å². The van der Waals surface area contributed by atoms with E-state index in [0.717, 1.165) is 37.5 Å².